The molecule has 4 aliphatic carbocycles. The molecule has 58 heavy (non-hydrogen) atoms. The van der Waals surface area contributed by atoms with Crippen LogP contribution in [0.4, 0.5) is 4.79 Å². The van der Waals surface area contributed by atoms with Gasteiger partial charge in [0.25, 0.3) is 5.91 Å². The van der Waals surface area contributed by atoms with Gasteiger partial charge in [-0.05, 0) is 94.2 Å². The SMILES string of the molecule is O=C(N[C@H]1CCCCC/C=C\[C@@H]2C[C@@]2(C(=O)NS(=O)(=O)C2CC2)NC(=O)[C@@H]2C[C@@H](Oc3nc4ccccc4nc3C3CC3c3cccs3)CN2C1=O)OC1CCCC1. The minimum absolute atomic E-state index is 0.0122. The number of para-hydroxylation sites is 2. The number of nitrogens with zero attached hydrogens (tertiary/aromatic N) is 3. The first-order valence-corrected chi connectivity index (χ1v) is 23.3. The average Bonchev–Trinajstić information content (AvgIpc) is 4.16. The Morgan fingerprint density at radius 1 is 0.897 bits per heavy atom. The van der Waals surface area contributed by atoms with Crippen LogP contribution >= 0.6 is 11.3 Å². The fourth-order valence-electron chi connectivity index (χ4n) is 8.98. The van der Waals surface area contributed by atoms with Gasteiger partial charge in [-0.15, -0.1) is 11.3 Å². The van der Waals surface area contributed by atoms with Crippen LogP contribution in [0.15, 0.2) is 53.9 Å². The molecule has 3 N–H and O–H groups in total. The molecular formula is C42H50N6O8S2. The lowest BCUT2D eigenvalue weighted by Crippen LogP contribution is -2.58. The van der Waals surface area contributed by atoms with Gasteiger partial charge >= 0.3 is 6.09 Å². The Kier molecular flexibility index (Phi) is 10.7. The Morgan fingerprint density at radius 2 is 1.67 bits per heavy atom. The zero-order valence-electron chi connectivity index (χ0n) is 32.3. The highest BCUT2D eigenvalue weighted by Crippen LogP contribution is 2.57. The van der Waals surface area contributed by atoms with Gasteiger partial charge in [0.2, 0.25) is 27.7 Å². The van der Waals surface area contributed by atoms with Crippen molar-refractivity contribution in [3.8, 4) is 5.88 Å². The van der Waals surface area contributed by atoms with Gasteiger partial charge in [-0.25, -0.2) is 23.2 Å². The van der Waals surface area contributed by atoms with Crippen LogP contribution in [0.1, 0.15) is 112 Å². The molecule has 3 aromatic rings. The molecule has 0 bridgehead atoms. The zero-order valence-corrected chi connectivity index (χ0v) is 34.0. The second-order valence-corrected chi connectivity index (χ2v) is 19.8. The first kappa shape index (κ1) is 38.9. The van der Waals surface area contributed by atoms with Gasteiger partial charge in [0.05, 0.1) is 22.8 Å². The number of ether oxygens (including phenoxy) is 2. The average molecular weight is 831 g/mol. The van der Waals surface area contributed by atoms with Crippen LogP contribution in [-0.4, -0.2) is 88.7 Å². The minimum Gasteiger partial charge on any atom is -0.471 e. The summed E-state index contributed by atoms with van der Waals surface area (Å²) in [4.78, 5) is 69.0. The number of hydrogen-bond donors (Lipinski definition) is 3. The summed E-state index contributed by atoms with van der Waals surface area (Å²) in [6.07, 6.45) is 11.3. The van der Waals surface area contributed by atoms with Crippen molar-refractivity contribution in [2.45, 2.75) is 137 Å². The Bertz CT molecular complexity index is 2210. The molecule has 4 amide bonds. The number of carbonyl (C=O) groups is 4. The van der Waals surface area contributed by atoms with E-state index in [0.717, 1.165) is 56.2 Å². The standard InChI is InChI=1S/C42H50N6O8S2/c49-37-34-21-27(55-38-36(30-22-29(30)35-17-10-20-57-35)43-31-14-8-9-15-32(31)44-38)24-48(34)39(50)33(45-41(52)56-26-12-6-7-13-26)16-5-3-1-2-4-11-25-23-42(25,46-37)40(51)47-58(53,54)28-18-19-28/h4,8-11,14-15,17,20,25-30,33-34H,1-3,5-7,12-13,16,18-19,21-24H2,(H,45,52)(H,46,49)(H,47,51)/b11-4-/t25-,27-,29?,30?,33+,34+,42-/m1/s1. The quantitative estimate of drug-likeness (QED) is 0.238. The fraction of sp³-hybridized carbons (Fsp3) is 0.571. The number of alkyl carbamates (subject to hydrolysis) is 1. The highest BCUT2D eigenvalue weighted by molar-refractivity contribution is 7.91. The maximum absolute atomic E-state index is 14.7. The smallest absolute Gasteiger partial charge is 0.408 e. The second kappa shape index (κ2) is 15.9. The van der Waals surface area contributed by atoms with E-state index in [1.807, 2.05) is 42.5 Å². The molecule has 16 heteroatoms. The van der Waals surface area contributed by atoms with Gasteiger partial charge < -0.3 is 25.0 Å². The number of rotatable bonds is 9. The first-order valence-electron chi connectivity index (χ1n) is 20.9. The van der Waals surface area contributed by atoms with Crippen LogP contribution < -0.4 is 20.1 Å². The van der Waals surface area contributed by atoms with E-state index in [1.165, 1.54) is 9.78 Å². The third-order valence-corrected chi connectivity index (χ3v) is 15.4. The fourth-order valence-corrected chi connectivity index (χ4v) is 11.2. The molecule has 1 saturated heterocycles. The first-order chi connectivity index (χ1) is 28.1. The summed E-state index contributed by atoms with van der Waals surface area (Å²) in [5.41, 5.74) is 0.634. The van der Waals surface area contributed by atoms with E-state index in [9.17, 15) is 27.6 Å². The van der Waals surface area contributed by atoms with E-state index in [4.69, 9.17) is 19.4 Å². The molecule has 308 valence electrons. The van der Waals surface area contributed by atoms with E-state index >= 15 is 0 Å². The molecule has 6 aliphatic rings. The number of thiophene rings is 1. The van der Waals surface area contributed by atoms with Crippen molar-refractivity contribution < 1.29 is 37.1 Å². The van der Waals surface area contributed by atoms with Gasteiger partial charge in [0.15, 0.2) is 0 Å². The number of allylic oxidation sites excluding steroid dienone is 1. The molecule has 2 unspecified atom stereocenters. The molecule has 5 fully saturated rings. The molecule has 4 saturated carbocycles. The summed E-state index contributed by atoms with van der Waals surface area (Å²) >= 11 is 1.71. The summed E-state index contributed by atoms with van der Waals surface area (Å²) in [6.45, 7) is 0.0122. The number of aromatic nitrogens is 2. The van der Waals surface area contributed by atoms with Crippen LogP contribution in [0.2, 0.25) is 0 Å². The topological polar surface area (TPSA) is 186 Å². The van der Waals surface area contributed by atoms with Gasteiger partial charge in [-0.3, -0.25) is 19.1 Å². The third-order valence-electron chi connectivity index (χ3n) is 12.6. The summed E-state index contributed by atoms with van der Waals surface area (Å²) in [7, 11) is -3.89. The van der Waals surface area contributed by atoms with E-state index in [1.54, 1.807) is 11.3 Å². The van der Waals surface area contributed by atoms with Crippen molar-refractivity contribution in [2.75, 3.05) is 6.54 Å². The van der Waals surface area contributed by atoms with Crippen molar-refractivity contribution in [3.05, 3.63) is 64.5 Å². The predicted molar refractivity (Wildman–Crippen MR) is 215 cm³/mol. The normalized spacial score (nSPS) is 30.9. The lowest BCUT2D eigenvalue weighted by molar-refractivity contribution is -0.141. The number of benzene rings is 1. The monoisotopic (exact) mass is 830 g/mol. The van der Waals surface area contributed by atoms with Crippen LogP contribution in [0.5, 0.6) is 5.88 Å². The largest absolute Gasteiger partial charge is 0.471 e. The van der Waals surface area contributed by atoms with Crippen molar-refractivity contribution in [1.29, 1.82) is 0 Å². The maximum Gasteiger partial charge on any atom is 0.408 e. The van der Waals surface area contributed by atoms with E-state index in [0.29, 0.717) is 43.5 Å². The molecule has 0 radical (unpaired) electrons. The second-order valence-electron chi connectivity index (χ2n) is 16.9. The van der Waals surface area contributed by atoms with E-state index in [-0.39, 0.29) is 37.3 Å². The summed E-state index contributed by atoms with van der Waals surface area (Å²) in [5.74, 6) is -1.51. The van der Waals surface area contributed by atoms with Gasteiger partial charge in [0.1, 0.15) is 35.5 Å². The van der Waals surface area contributed by atoms with Gasteiger partial charge in [-0.2, -0.15) is 0 Å². The number of fused-ring (bicyclic) bond motifs is 3. The Labute approximate surface area is 342 Å². The van der Waals surface area contributed by atoms with E-state index < -0.39 is 68.7 Å². The molecule has 14 nitrogen and oxygen atoms in total. The minimum atomic E-state index is -3.89. The summed E-state index contributed by atoms with van der Waals surface area (Å²) < 4.78 is 40.5. The lowest BCUT2D eigenvalue weighted by atomic mass is 10.0. The number of sulfonamides is 1. The zero-order chi connectivity index (χ0) is 40.0. The number of carbonyl (C=O) groups excluding carboxylic acids is 4. The van der Waals surface area contributed by atoms with Crippen molar-refractivity contribution >= 4 is 56.2 Å². The lowest BCUT2D eigenvalue weighted by Gasteiger charge is -2.30. The molecule has 7 atom stereocenters. The highest BCUT2D eigenvalue weighted by Gasteiger charge is 2.62. The van der Waals surface area contributed by atoms with Crippen LogP contribution in [0, 0.1) is 5.92 Å². The van der Waals surface area contributed by atoms with E-state index in [2.05, 4.69) is 26.8 Å². The Balaban J connectivity index is 1.02. The van der Waals surface area contributed by atoms with Crippen molar-refractivity contribution in [2.24, 2.45) is 5.92 Å². The summed E-state index contributed by atoms with van der Waals surface area (Å²) in [6, 6.07) is 9.69. The van der Waals surface area contributed by atoms with Gasteiger partial charge in [-0.1, -0.05) is 43.2 Å². The molecular weight excluding hydrogens is 781 g/mol. The van der Waals surface area contributed by atoms with Crippen molar-refractivity contribution in [1.82, 2.24) is 30.2 Å². The molecule has 1 aromatic carbocycles. The number of nitrogens with one attached hydrogen (secondary N) is 3. The van der Waals surface area contributed by atoms with Crippen LogP contribution in [0.25, 0.3) is 11.0 Å². The molecule has 0 spiro atoms. The highest BCUT2D eigenvalue weighted by atomic mass is 32.2. The Hall–Kier alpha value is -4.57. The van der Waals surface area contributed by atoms with Crippen LogP contribution in [-0.2, 0) is 29.1 Å². The summed E-state index contributed by atoms with van der Waals surface area (Å²) in [5, 5.41) is 7.21. The molecule has 9 rings (SSSR count). The maximum atomic E-state index is 14.7. The Morgan fingerprint density at radius 3 is 2.43 bits per heavy atom. The number of hydrogen-bond acceptors (Lipinski definition) is 11. The molecule has 2 aliphatic heterocycles. The molecule has 4 heterocycles. The van der Waals surface area contributed by atoms with Gasteiger partial charge in [0, 0.05) is 29.1 Å². The van der Waals surface area contributed by atoms with Crippen LogP contribution in [0.3, 0.4) is 0 Å². The molecule has 2 aromatic heterocycles. The van der Waals surface area contributed by atoms with Crippen molar-refractivity contribution in [3.63, 3.8) is 0 Å². The predicted octanol–water partition coefficient (Wildman–Crippen LogP) is 5.35. The third kappa shape index (κ3) is 8.18. The number of amides is 4.